The third kappa shape index (κ3) is 4.41. The van der Waals surface area contributed by atoms with Gasteiger partial charge in [0.1, 0.15) is 6.54 Å². The average molecular weight is 312 g/mol. The largest absolute Gasteiger partial charge is 0.405 e. The van der Waals surface area contributed by atoms with E-state index in [0.29, 0.717) is 10.9 Å². The van der Waals surface area contributed by atoms with E-state index in [9.17, 15) is 13.2 Å². The Morgan fingerprint density at radius 1 is 1.47 bits per heavy atom. The van der Waals surface area contributed by atoms with Gasteiger partial charge in [-0.3, -0.25) is 0 Å². The lowest BCUT2D eigenvalue weighted by atomic mass is 10.3. The highest BCUT2D eigenvalue weighted by Gasteiger charge is 2.31. The van der Waals surface area contributed by atoms with Crippen LogP contribution >= 0.6 is 15.9 Å². The van der Waals surface area contributed by atoms with Crippen LogP contribution in [0.4, 0.5) is 24.7 Å². The first-order valence-corrected chi connectivity index (χ1v) is 5.85. The predicted octanol–water partition coefficient (Wildman–Crippen LogP) is 3.21. The van der Waals surface area contributed by atoms with Crippen molar-refractivity contribution >= 4 is 27.4 Å². The third-order valence-corrected chi connectivity index (χ3v) is 2.46. The number of rotatable bonds is 4. The Labute approximate surface area is 106 Å². The minimum absolute atomic E-state index is 0.173. The molecule has 0 aliphatic carbocycles. The van der Waals surface area contributed by atoms with E-state index in [4.69, 9.17) is 5.73 Å². The van der Waals surface area contributed by atoms with Crippen LogP contribution in [0.15, 0.2) is 16.7 Å². The molecule has 0 aliphatic rings. The summed E-state index contributed by atoms with van der Waals surface area (Å²) in [6, 6.07) is 1.54. The van der Waals surface area contributed by atoms with Crippen molar-refractivity contribution in [2.45, 2.75) is 19.5 Å². The summed E-state index contributed by atoms with van der Waals surface area (Å²) >= 11 is 3.16. The Balaban J connectivity index is 2.97. The van der Waals surface area contributed by atoms with Crippen molar-refractivity contribution in [2.75, 3.05) is 23.7 Å². The van der Waals surface area contributed by atoms with E-state index in [0.717, 1.165) is 4.90 Å². The van der Waals surface area contributed by atoms with E-state index < -0.39 is 12.7 Å². The molecule has 7 heteroatoms. The third-order valence-electron chi connectivity index (χ3n) is 2.02. The average Bonchev–Trinajstić information content (AvgIpc) is 2.14. The van der Waals surface area contributed by atoms with Crippen molar-refractivity contribution < 1.29 is 13.2 Å². The molecule has 0 atom stereocenters. The summed E-state index contributed by atoms with van der Waals surface area (Å²) in [5.41, 5.74) is 5.90. The first-order valence-electron chi connectivity index (χ1n) is 5.06. The SMILES string of the molecule is CCCN(CC(F)(F)F)c1ncc(Br)cc1N. The van der Waals surface area contributed by atoms with E-state index in [1.54, 1.807) is 13.0 Å². The highest BCUT2D eigenvalue weighted by molar-refractivity contribution is 9.10. The maximum Gasteiger partial charge on any atom is 0.405 e. The number of alkyl halides is 3. The maximum absolute atomic E-state index is 12.4. The van der Waals surface area contributed by atoms with Gasteiger partial charge < -0.3 is 10.6 Å². The minimum atomic E-state index is -4.27. The van der Waals surface area contributed by atoms with E-state index in [1.807, 2.05) is 0 Å². The summed E-state index contributed by atoms with van der Waals surface area (Å²) in [5, 5.41) is 0. The molecule has 1 aromatic heterocycles. The summed E-state index contributed by atoms with van der Waals surface area (Å²) < 4.78 is 37.9. The molecule has 2 N–H and O–H groups in total. The Morgan fingerprint density at radius 2 is 2.12 bits per heavy atom. The first kappa shape index (κ1) is 14.1. The number of hydrogen-bond acceptors (Lipinski definition) is 3. The number of pyridine rings is 1. The van der Waals surface area contributed by atoms with Gasteiger partial charge in [-0.25, -0.2) is 4.98 Å². The summed E-state index contributed by atoms with van der Waals surface area (Å²) in [7, 11) is 0. The van der Waals surface area contributed by atoms with Gasteiger partial charge in [0.05, 0.1) is 5.69 Å². The molecule has 0 aliphatic heterocycles. The van der Waals surface area contributed by atoms with E-state index in [2.05, 4.69) is 20.9 Å². The van der Waals surface area contributed by atoms with Gasteiger partial charge in [-0.05, 0) is 28.4 Å². The van der Waals surface area contributed by atoms with Crippen molar-refractivity contribution in [1.82, 2.24) is 4.98 Å². The molecule has 1 rings (SSSR count). The molecule has 0 saturated heterocycles. The summed E-state index contributed by atoms with van der Waals surface area (Å²) in [6.07, 6.45) is -2.24. The standard InChI is InChI=1S/C10H13BrF3N3/c1-2-3-17(6-10(12,13)14)9-8(15)4-7(11)5-16-9/h4-5H,2-3,6,15H2,1H3. The Morgan fingerprint density at radius 3 is 2.59 bits per heavy atom. The lowest BCUT2D eigenvalue weighted by Gasteiger charge is -2.25. The Hall–Kier alpha value is -0.980. The van der Waals surface area contributed by atoms with Crippen LogP contribution in [-0.4, -0.2) is 24.2 Å². The number of anilines is 2. The second kappa shape index (κ2) is 5.57. The fourth-order valence-corrected chi connectivity index (χ4v) is 1.81. The number of nitrogens with zero attached hydrogens (tertiary/aromatic N) is 2. The second-order valence-corrected chi connectivity index (χ2v) is 4.52. The van der Waals surface area contributed by atoms with Gasteiger partial charge in [0.15, 0.2) is 5.82 Å². The summed E-state index contributed by atoms with van der Waals surface area (Å²) in [5.74, 6) is 0.173. The molecule has 17 heavy (non-hydrogen) atoms. The molecular weight excluding hydrogens is 299 g/mol. The highest BCUT2D eigenvalue weighted by atomic mass is 79.9. The number of hydrogen-bond donors (Lipinski definition) is 1. The van der Waals surface area contributed by atoms with Gasteiger partial charge in [0, 0.05) is 17.2 Å². The van der Waals surface area contributed by atoms with Gasteiger partial charge in [0.2, 0.25) is 0 Å². The quantitative estimate of drug-likeness (QED) is 0.928. The maximum atomic E-state index is 12.4. The van der Waals surface area contributed by atoms with E-state index in [-0.39, 0.29) is 18.1 Å². The van der Waals surface area contributed by atoms with Crippen LogP contribution in [0.3, 0.4) is 0 Å². The molecule has 0 bridgehead atoms. The normalized spacial score (nSPS) is 11.6. The van der Waals surface area contributed by atoms with E-state index in [1.165, 1.54) is 6.20 Å². The molecule has 0 unspecified atom stereocenters. The lowest BCUT2D eigenvalue weighted by Crippen LogP contribution is -2.35. The number of nitrogen functional groups attached to an aromatic ring is 1. The van der Waals surface area contributed by atoms with E-state index >= 15 is 0 Å². The topological polar surface area (TPSA) is 42.2 Å². The molecule has 0 radical (unpaired) electrons. The second-order valence-electron chi connectivity index (χ2n) is 3.60. The van der Waals surface area contributed by atoms with Crippen molar-refractivity contribution in [2.24, 2.45) is 0 Å². The van der Waals surface area contributed by atoms with Gasteiger partial charge >= 0.3 is 6.18 Å². The molecule has 0 spiro atoms. The minimum Gasteiger partial charge on any atom is -0.396 e. The van der Waals surface area contributed by atoms with Crippen LogP contribution < -0.4 is 10.6 Å². The zero-order valence-corrected chi connectivity index (χ0v) is 10.8. The molecular formula is C10H13BrF3N3. The van der Waals surface area contributed by atoms with Crippen LogP contribution in [0.25, 0.3) is 0 Å². The Kier molecular flexibility index (Phi) is 4.62. The zero-order valence-electron chi connectivity index (χ0n) is 9.26. The molecule has 0 amide bonds. The van der Waals surface area contributed by atoms with Crippen molar-refractivity contribution in [3.63, 3.8) is 0 Å². The van der Waals surface area contributed by atoms with Crippen LogP contribution in [0.5, 0.6) is 0 Å². The summed E-state index contributed by atoms with van der Waals surface area (Å²) in [4.78, 5) is 5.08. The fourth-order valence-electron chi connectivity index (χ4n) is 1.46. The van der Waals surface area contributed by atoms with Gasteiger partial charge in [-0.15, -0.1) is 0 Å². The Bertz CT molecular complexity index is 382. The van der Waals surface area contributed by atoms with Crippen LogP contribution in [0.2, 0.25) is 0 Å². The number of nitrogens with two attached hydrogens (primary N) is 1. The van der Waals surface area contributed by atoms with Crippen LogP contribution in [0.1, 0.15) is 13.3 Å². The lowest BCUT2D eigenvalue weighted by molar-refractivity contribution is -0.119. The molecule has 1 heterocycles. The predicted molar refractivity (Wildman–Crippen MR) is 64.9 cm³/mol. The molecule has 96 valence electrons. The number of halogens is 4. The van der Waals surface area contributed by atoms with Crippen LogP contribution in [0, 0.1) is 0 Å². The fraction of sp³-hybridized carbons (Fsp3) is 0.500. The molecule has 1 aromatic rings. The van der Waals surface area contributed by atoms with Gasteiger partial charge in [-0.1, -0.05) is 6.92 Å². The first-order chi connectivity index (χ1) is 7.83. The van der Waals surface area contributed by atoms with Crippen molar-refractivity contribution in [3.05, 3.63) is 16.7 Å². The molecule has 3 nitrogen and oxygen atoms in total. The monoisotopic (exact) mass is 311 g/mol. The van der Waals surface area contributed by atoms with Crippen molar-refractivity contribution in [1.29, 1.82) is 0 Å². The zero-order chi connectivity index (χ0) is 13.1. The summed E-state index contributed by atoms with van der Waals surface area (Å²) in [6.45, 7) is 1.02. The molecule has 0 aromatic carbocycles. The smallest absolute Gasteiger partial charge is 0.396 e. The van der Waals surface area contributed by atoms with Gasteiger partial charge in [0.25, 0.3) is 0 Å². The highest BCUT2D eigenvalue weighted by Crippen LogP contribution is 2.27. The van der Waals surface area contributed by atoms with Crippen LogP contribution in [-0.2, 0) is 0 Å². The van der Waals surface area contributed by atoms with Gasteiger partial charge in [-0.2, -0.15) is 13.2 Å². The molecule has 0 saturated carbocycles. The molecule has 0 fully saturated rings. The van der Waals surface area contributed by atoms with Crippen molar-refractivity contribution in [3.8, 4) is 0 Å². The number of aromatic nitrogens is 1.